The number of benzene rings is 1. The predicted molar refractivity (Wildman–Crippen MR) is 56.7 cm³/mol. The molecule has 78 valence electrons. The van der Waals surface area contributed by atoms with Gasteiger partial charge >= 0.3 is 0 Å². The van der Waals surface area contributed by atoms with E-state index in [0.717, 1.165) is 0 Å². The van der Waals surface area contributed by atoms with Gasteiger partial charge in [0.1, 0.15) is 6.10 Å². The average Bonchev–Trinajstić information content (AvgIpc) is 2.15. The molecule has 1 aromatic carbocycles. The molecular formula is C10H8ClNO3. The monoisotopic (exact) mass is 225 g/mol. The lowest BCUT2D eigenvalue weighted by molar-refractivity contribution is -0.384. The van der Waals surface area contributed by atoms with Gasteiger partial charge in [0, 0.05) is 17.7 Å². The Morgan fingerprint density at radius 3 is 2.73 bits per heavy atom. The molecule has 0 spiro atoms. The molecule has 0 saturated heterocycles. The topological polar surface area (TPSA) is 63.4 Å². The lowest BCUT2D eigenvalue weighted by Crippen LogP contribution is -1.93. The highest BCUT2D eigenvalue weighted by Crippen LogP contribution is 2.21. The van der Waals surface area contributed by atoms with E-state index >= 15 is 0 Å². The Bertz CT molecular complexity index is 446. The second-order valence-corrected chi connectivity index (χ2v) is 3.27. The van der Waals surface area contributed by atoms with Crippen molar-refractivity contribution in [1.29, 1.82) is 0 Å². The van der Waals surface area contributed by atoms with Gasteiger partial charge in [0.15, 0.2) is 0 Å². The molecular weight excluding hydrogens is 218 g/mol. The van der Waals surface area contributed by atoms with Crippen molar-refractivity contribution in [2.75, 3.05) is 0 Å². The van der Waals surface area contributed by atoms with Crippen molar-refractivity contribution in [3.05, 3.63) is 38.9 Å². The maximum absolute atomic E-state index is 10.4. The Morgan fingerprint density at radius 1 is 1.60 bits per heavy atom. The van der Waals surface area contributed by atoms with E-state index in [0.29, 0.717) is 5.56 Å². The second-order valence-electron chi connectivity index (χ2n) is 2.87. The molecule has 0 amide bonds. The quantitative estimate of drug-likeness (QED) is 0.452. The number of non-ortho nitro benzene ring substituents is 1. The minimum absolute atomic E-state index is 0.0809. The van der Waals surface area contributed by atoms with E-state index in [-0.39, 0.29) is 10.7 Å². The summed E-state index contributed by atoms with van der Waals surface area (Å²) in [6.07, 6.45) is -0.753. The minimum atomic E-state index is -0.753. The van der Waals surface area contributed by atoms with E-state index in [4.69, 9.17) is 16.7 Å². The SMILES string of the molecule is CC(O)C#Cc1ccc([N+](=O)[O-])cc1Cl. The summed E-state index contributed by atoms with van der Waals surface area (Å²) in [5, 5.41) is 19.5. The van der Waals surface area contributed by atoms with Crippen LogP contribution >= 0.6 is 11.6 Å². The summed E-state index contributed by atoms with van der Waals surface area (Å²) < 4.78 is 0. The average molecular weight is 226 g/mol. The highest BCUT2D eigenvalue weighted by atomic mass is 35.5. The number of nitro benzene ring substituents is 1. The largest absolute Gasteiger partial charge is 0.381 e. The summed E-state index contributed by atoms with van der Waals surface area (Å²) in [6, 6.07) is 4.00. The van der Waals surface area contributed by atoms with E-state index < -0.39 is 11.0 Å². The van der Waals surface area contributed by atoms with Gasteiger partial charge in [0.05, 0.1) is 9.95 Å². The molecule has 0 aliphatic carbocycles. The van der Waals surface area contributed by atoms with Gasteiger partial charge in [-0.25, -0.2) is 0 Å². The van der Waals surface area contributed by atoms with Gasteiger partial charge in [0.2, 0.25) is 0 Å². The highest BCUT2D eigenvalue weighted by molar-refractivity contribution is 6.32. The maximum Gasteiger partial charge on any atom is 0.271 e. The molecule has 1 rings (SSSR count). The number of nitrogens with zero attached hydrogens (tertiary/aromatic N) is 1. The Labute approximate surface area is 91.6 Å². The first-order chi connectivity index (χ1) is 7.00. The fraction of sp³-hybridized carbons (Fsp3) is 0.200. The van der Waals surface area contributed by atoms with E-state index in [1.54, 1.807) is 0 Å². The number of hydrogen-bond acceptors (Lipinski definition) is 3. The molecule has 0 aromatic heterocycles. The van der Waals surface area contributed by atoms with Gasteiger partial charge in [-0.15, -0.1) is 0 Å². The summed E-state index contributed by atoms with van der Waals surface area (Å²) in [5.41, 5.74) is 0.380. The number of aliphatic hydroxyl groups excluding tert-OH is 1. The van der Waals surface area contributed by atoms with Gasteiger partial charge < -0.3 is 5.11 Å². The lowest BCUT2D eigenvalue weighted by Gasteiger charge is -1.96. The zero-order valence-corrected chi connectivity index (χ0v) is 8.65. The molecule has 1 unspecified atom stereocenters. The van der Waals surface area contributed by atoms with Crippen molar-refractivity contribution in [2.45, 2.75) is 13.0 Å². The third kappa shape index (κ3) is 3.24. The zero-order chi connectivity index (χ0) is 11.4. The van der Waals surface area contributed by atoms with E-state index in [1.165, 1.54) is 25.1 Å². The van der Waals surface area contributed by atoms with Crippen molar-refractivity contribution >= 4 is 17.3 Å². The van der Waals surface area contributed by atoms with Crippen LogP contribution in [0.4, 0.5) is 5.69 Å². The molecule has 0 fully saturated rings. The molecule has 1 aromatic rings. The summed E-state index contributed by atoms with van der Waals surface area (Å²) in [4.78, 5) is 9.87. The summed E-state index contributed by atoms with van der Waals surface area (Å²) in [5.74, 6) is 5.13. The van der Waals surface area contributed by atoms with Crippen molar-refractivity contribution in [3.8, 4) is 11.8 Å². The van der Waals surface area contributed by atoms with Crippen LogP contribution in [0.2, 0.25) is 5.02 Å². The van der Waals surface area contributed by atoms with E-state index in [9.17, 15) is 10.1 Å². The van der Waals surface area contributed by atoms with E-state index in [1.807, 2.05) is 0 Å². The fourth-order valence-electron chi connectivity index (χ4n) is 0.901. The maximum atomic E-state index is 10.4. The Balaban J connectivity index is 3.05. The van der Waals surface area contributed by atoms with Crippen molar-refractivity contribution < 1.29 is 10.0 Å². The summed E-state index contributed by atoms with van der Waals surface area (Å²) in [6.45, 7) is 1.52. The number of aliphatic hydroxyl groups is 1. The lowest BCUT2D eigenvalue weighted by atomic mass is 10.2. The molecule has 1 atom stereocenters. The first-order valence-electron chi connectivity index (χ1n) is 4.14. The van der Waals surface area contributed by atoms with Crippen LogP contribution in [0.5, 0.6) is 0 Å². The first kappa shape index (κ1) is 11.5. The molecule has 0 heterocycles. The molecule has 5 heteroatoms. The van der Waals surface area contributed by atoms with E-state index in [2.05, 4.69) is 11.8 Å². The minimum Gasteiger partial charge on any atom is -0.381 e. The van der Waals surface area contributed by atoms with Crippen molar-refractivity contribution in [1.82, 2.24) is 0 Å². The Kier molecular flexibility index (Phi) is 3.67. The first-order valence-corrected chi connectivity index (χ1v) is 4.52. The van der Waals surface area contributed by atoms with Crippen LogP contribution in [-0.2, 0) is 0 Å². The van der Waals surface area contributed by atoms with Crippen LogP contribution in [0, 0.1) is 22.0 Å². The molecule has 0 aliphatic heterocycles. The van der Waals surface area contributed by atoms with Crippen LogP contribution in [0.3, 0.4) is 0 Å². The second kappa shape index (κ2) is 4.78. The Morgan fingerprint density at radius 2 is 2.27 bits per heavy atom. The fourth-order valence-corrected chi connectivity index (χ4v) is 1.12. The third-order valence-corrected chi connectivity index (χ3v) is 1.89. The van der Waals surface area contributed by atoms with Gasteiger partial charge in [0.25, 0.3) is 5.69 Å². The predicted octanol–water partition coefficient (Wildman–Crippen LogP) is 1.98. The van der Waals surface area contributed by atoms with Gasteiger partial charge in [-0.05, 0) is 13.0 Å². The van der Waals surface area contributed by atoms with Gasteiger partial charge in [-0.3, -0.25) is 10.1 Å². The van der Waals surface area contributed by atoms with Crippen LogP contribution in [0.15, 0.2) is 18.2 Å². The summed E-state index contributed by atoms with van der Waals surface area (Å²) in [7, 11) is 0. The van der Waals surface area contributed by atoms with Crippen LogP contribution < -0.4 is 0 Å². The number of halogens is 1. The van der Waals surface area contributed by atoms with Crippen molar-refractivity contribution in [3.63, 3.8) is 0 Å². The number of nitro groups is 1. The normalized spacial score (nSPS) is 11.4. The van der Waals surface area contributed by atoms with Crippen LogP contribution in [0.1, 0.15) is 12.5 Å². The molecule has 0 saturated carbocycles. The number of hydrogen-bond donors (Lipinski definition) is 1. The third-order valence-electron chi connectivity index (χ3n) is 1.58. The van der Waals surface area contributed by atoms with Gasteiger partial charge in [-0.1, -0.05) is 23.4 Å². The molecule has 0 aliphatic rings. The standard InChI is InChI=1S/C10H8ClNO3/c1-7(13)2-3-8-4-5-9(12(14)15)6-10(8)11/h4-7,13H,1H3. The zero-order valence-electron chi connectivity index (χ0n) is 7.90. The Hall–Kier alpha value is -1.57. The molecule has 0 bridgehead atoms. The van der Waals surface area contributed by atoms with Crippen molar-refractivity contribution in [2.24, 2.45) is 0 Å². The van der Waals surface area contributed by atoms with Crippen LogP contribution in [0.25, 0.3) is 0 Å². The summed E-state index contributed by atoms with van der Waals surface area (Å²) >= 11 is 5.77. The van der Waals surface area contributed by atoms with Crippen LogP contribution in [-0.4, -0.2) is 16.1 Å². The molecule has 15 heavy (non-hydrogen) atoms. The highest BCUT2D eigenvalue weighted by Gasteiger charge is 2.07. The molecule has 4 nitrogen and oxygen atoms in total. The van der Waals surface area contributed by atoms with Gasteiger partial charge in [-0.2, -0.15) is 0 Å². The smallest absolute Gasteiger partial charge is 0.271 e. The molecule has 0 radical (unpaired) electrons. The number of rotatable bonds is 1. The molecule has 1 N–H and O–H groups in total.